The molecule has 0 aromatic carbocycles. The van der Waals surface area contributed by atoms with Crippen LogP contribution in [0.25, 0.3) is 0 Å². The molecule has 2 N–H and O–H groups in total. The largest absolute Gasteiger partial charge is 0.351 e. The quantitative estimate of drug-likeness (QED) is 0.707. The second kappa shape index (κ2) is 6.87. The highest BCUT2D eigenvalue weighted by molar-refractivity contribution is 7.91. The van der Waals surface area contributed by atoms with Gasteiger partial charge in [-0.3, -0.25) is 9.69 Å². The molecule has 0 aromatic rings. The summed E-state index contributed by atoms with van der Waals surface area (Å²) in [6, 6.07) is 0.266. The van der Waals surface area contributed by atoms with Gasteiger partial charge < -0.3 is 10.6 Å². The monoisotopic (exact) mass is 303 g/mol. The summed E-state index contributed by atoms with van der Waals surface area (Å²) in [5.41, 5.74) is 0. The lowest BCUT2D eigenvalue weighted by Gasteiger charge is -2.28. The van der Waals surface area contributed by atoms with Crippen molar-refractivity contribution in [3.63, 3.8) is 0 Å². The van der Waals surface area contributed by atoms with Gasteiger partial charge in [-0.25, -0.2) is 8.42 Å². The van der Waals surface area contributed by atoms with Gasteiger partial charge in [0.25, 0.3) is 0 Å². The summed E-state index contributed by atoms with van der Waals surface area (Å²) in [5, 5.41) is 6.28. The van der Waals surface area contributed by atoms with Crippen LogP contribution in [0.4, 0.5) is 0 Å². The normalized spacial score (nSPS) is 29.5. The maximum Gasteiger partial charge on any atom is 0.234 e. The fraction of sp³-hybridized carbons (Fsp3) is 0.923. The molecule has 2 heterocycles. The van der Waals surface area contributed by atoms with Crippen molar-refractivity contribution in [3.8, 4) is 0 Å². The van der Waals surface area contributed by atoms with Gasteiger partial charge in [-0.05, 0) is 32.9 Å². The molecule has 0 aromatic heterocycles. The minimum absolute atomic E-state index is 0.0783. The van der Waals surface area contributed by atoms with Gasteiger partial charge in [0.2, 0.25) is 5.91 Å². The first-order valence-corrected chi connectivity index (χ1v) is 9.18. The predicted molar refractivity (Wildman–Crippen MR) is 78.3 cm³/mol. The third-order valence-corrected chi connectivity index (χ3v) is 5.72. The average Bonchev–Trinajstić information content (AvgIpc) is 2.69. The third kappa shape index (κ3) is 5.03. The fourth-order valence-electron chi connectivity index (χ4n) is 2.95. The maximum absolute atomic E-state index is 11.9. The fourth-order valence-corrected chi connectivity index (χ4v) is 4.62. The van der Waals surface area contributed by atoms with Crippen molar-refractivity contribution in [1.29, 1.82) is 0 Å². The molecule has 6 nitrogen and oxygen atoms in total. The van der Waals surface area contributed by atoms with Crippen molar-refractivity contribution < 1.29 is 13.2 Å². The van der Waals surface area contributed by atoms with E-state index >= 15 is 0 Å². The number of carbonyl (C=O) groups excluding carboxylic acids is 1. The lowest BCUT2D eigenvalue weighted by molar-refractivity contribution is -0.122. The molecule has 7 heteroatoms. The van der Waals surface area contributed by atoms with E-state index in [1.807, 2.05) is 11.9 Å². The van der Waals surface area contributed by atoms with Crippen LogP contribution in [-0.4, -0.2) is 69.5 Å². The standard InChI is InChI=1S/C13H25N3O3S/c1-16(8-11-4-2-3-6-14-11)9-13(17)15-12-5-7-20(18,19)10-12/h11-12,14H,2-10H2,1H3,(H,15,17). The molecule has 2 fully saturated rings. The van der Waals surface area contributed by atoms with Crippen molar-refractivity contribution in [2.24, 2.45) is 0 Å². The molecule has 116 valence electrons. The molecule has 2 aliphatic rings. The van der Waals surface area contributed by atoms with E-state index in [4.69, 9.17) is 0 Å². The number of piperidine rings is 1. The van der Waals surface area contributed by atoms with Crippen LogP contribution in [0.15, 0.2) is 0 Å². The maximum atomic E-state index is 11.9. The Balaban J connectivity index is 1.68. The topological polar surface area (TPSA) is 78.5 Å². The zero-order chi connectivity index (χ0) is 14.6. The summed E-state index contributed by atoms with van der Waals surface area (Å²) in [6.45, 7) is 2.25. The van der Waals surface area contributed by atoms with Crippen LogP contribution in [0.3, 0.4) is 0 Å². The van der Waals surface area contributed by atoms with E-state index in [1.165, 1.54) is 12.8 Å². The van der Waals surface area contributed by atoms with E-state index in [-0.39, 0.29) is 23.5 Å². The lowest BCUT2D eigenvalue weighted by Crippen LogP contribution is -2.46. The Morgan fingerprint density at radius 3 is 2.75 bits per heavy atom. The van der Waals surface area contributed by atoms with Crippen molar-refractivity contribution >= 4 is 15.7 Å². The van der Waals surface area contributed by atoms with Gasteiger partial charge >= 0.3 is 0 Å². The van der Waals surface area contributed by atoms with Crippen LogP contribution < -0.4 is 10.6 Å². The second-order valence-corrected chi connectivity index (χ2v) is 8.24. The van der Waals surface area contributed by atoms with Gasteiger partial charge in [0.05, 0.1) is 18.1 Å². The Kier molecular flexibility index (Phi) is 5.40. The van der Waals surface area contributed by atoms with Crippen LogP contribution in [0.2, 0.25) is 0 Å². The van der Waals surface area contributed by atoms with E-state index in [1.54, 1.807) is 0 Å². The number of amides is 1. The molecule has 2 aliphatic heterocycles. The number of carbonyl (C=O) groups is 1. The molecule has 2 atom stereocenters. The number of hydrogen-bond donors (Lipinski definition) is 2. The van der Waals surface area contributed by atoms with Crippen LogP contribution in [0, 0.1) is 0 Å². The number of nitrogens with one attached hydrogen (secondary N) is 2. The molecule has 2 rings (SSSR count). The Hall–Kier alpha value is -0.660. The van der Waals surface area contributed by atoms with Gasteiger partial charge in [0, 0.05) is 18.6 Å². The van der Waals surface area contributed by atoms with E-state index in [0.29, 0.717) is 19.0 Å². The van der Waals surface area contributed by atoms with Gasteiger partial charge in [-0.1, -0.05) is 6.42 Å². The Morgan fingerprint density at radius 1 is 1.35 bits per heavy atom. The van der Waals surface area contributed by atoms with Crippen LogP contribution >= 0.6 is 0 Å². The first-order valence-electron chi connectivity index (χ1n) is 7.36. The highest BCUT2D eigenvalue weighted by Crippen LogP contribution is 2.11. The molecule has 2 unspecified atom stereocenters. The van der Waals surface area contributed by atoms with Gasteiger partial charge in [-0.15, -0.1) is 0 Å². The summed E-state index contributed by atoms with van der Waals surface area (Å²) in [5.74, 6) is 0.206. The molecule has 20 heavy (non-hydrogen) atoms. The molecule has 0 bridgehead atoms. The summed E-state index contributed by atoms with van der Waals surface area (Å²) in [6.07, 6.45) is 4.18. The Labute approximate surface area is 121 Å². The molecule has 0 aliphatic carbocycles. The summed E-state index contributed by atoms with van der Waals surface area (Å²) >= 11 is 0. The first kappa shape index (κ1) is 15.7. The number of hydrogen-bond acceptors (Lipinski definition) is 5. The molecular formula is C13H25N3O3S. The Bertz CT molecular complexity index is 432. The number of sulfone groups is 1. The average molecular weight is 303 g/mol. The first-order chi connectivity index (χ1) is 9.44. The van der Waals surface area contributed by atoms with Crippen LogP contribution in [0.1, 0.15) is 25.7 Å². The van der Waals surface area contributed by atoms with Gasteiger partial charge in [-0.2, -0.15) is 0 Å². The number of rotatable bonds is 5. The van der Waals surface area contributed by atoms with Crippen molar-refractivity contribution in [2.75, 3.05) is 38.2 Å². The third-order valence-electron chi connectivity index (χ3n) is 3.96. The highest BCUT2D eigenvalue weighted by atomic mass is 32.2. The van der Waals surface area contributed by atoms with E-state index in [2.05, 4.69) is 10.6 Å². The van der Waals surface area contributed by atoms with Crippen molar-refractivity contribution in [3.05, 3.63) is 0 Å². The molecule has 0 saturated carbocycles. The predicted octanol–water partition coefficient (Wildman–Crippen LogP) is -0.636. The SMILES string of the molecule is CN(CC(=O)NC1CCS(=O)(=O)C1)CC1CCCCN1. The molecule has 2 saturated heterocycles. The van der Waals surface area contributed by atoms with Gasteiger partial charge in [0.15, 0.2) is 9.84 Å². The molecule has 0 spiro atoms. The van der Waals surface area contributed by atoms with E-state index in [9.17, 15) is 13.2 Å². The smallest absolute Gasteiger partial charge is 0.234 e. The molecular weight excluding hydrogens is 278 g/mol. The molecule has 1 amide bonds. The van der Waals surface area contributed by atoms with E-state index < -0.39 is 9.84 Å². The number of likely N-dealkylation sites (N-methyl/N-ethyl adjacent to an activating group) is 1. The lowest BCUT2D eigenvalue weighted by atomic mass is 10.0. The zero-order valence-corrected chi connectivity index (χ0v) is 12.9. The zero-order valence-electron chi connectivity index (χ0n) is 12.1. The molecule has 0 radical (unpaired) electrons. The van der Waals surface area contributed by atoms with Crippen LogP contribution in [0.5, 0.6) is 0 Å². The minimum atomic E-state index is -2.93. The van der Waals surface area contributed by atoms with E-state index in [0.717, 1.165) is 19.5 Å². The van der Waals surface area contributed by atoms with Crippen molar-refractivity contribution in [2.45, 2.75) is 37.8 Å². The Morgan fingerprint density at radius 2 is 2.15 bits per heavy atom. The summed E-state index contributed by atoms with van der Waals surface area (Å²) < 4.78 is 22.7. The summed E-state index contributed by atoms with van der Waals surface area (Å²) in [4.78, 5) is 13.9. The van der Waals surface area contributed by atoms with Gasteiger partial charge in [0.1, 0.15) is 0 Å². The number of nitrogens with zero attached hydrogens (tertiary/aromatic N) is 1. The minimum Gasteiger partial charge on any atom is -0.351 e. The highest BCUT2D eigenvalue weighted by Gasteiger charge is 2.29. The van der Waals surface area contributed by atoms with Crippen LogP contribution in [-0.2, 0) is 14.6 Å². The van der Waals surface area contributed by atoms with Crippen molar-refractivity contribution in [1.82, 2.24) is 15.5 Å². The summed E-state index contributed by atoms with van der Waals surface area (Å²) in [7, 11) is -0.999. The second-order valence-electron chi connectivity index (χ2n) is 6.01.